The van der Waals surface area contributed by atoms with E-state index in [0.29, 0.717) is 17.7 Å². The van der Waals surface area contributed by atoms with E-state index in [0.717, 1.165) is 39.5 Å². The maximum absolute atomic E-state index is 13.3. The summed E-state index contributed by atoms with van der Waals surface area (Å²) in [6.07, 6.45) is 0. The lowest BCUT2D eigenvalue weighted by Gasteiger charge is -2.06. The molecule has 0 saturated heterocycles. The van der Waals surface area contributed by atoms with Crippen molar-refractivity contribution in [2.45, 2.75) is 20.4 Å². The minimum Gasteiger partial charge on any atom is -0.433 e. The van der Waals surface area contributed by atoms with Crippen LogP contribution in [0.3, 0.4) is 0 Å². The zero-order valence-electron chi connectivity index (χ0n) is 21.0. The molecule has 39 heavy (non-hydrogen) atoms. The van der Waals surface area contributed by atoms with E-state index in [1.54, 1.807) is 12.1 Å². The zero-order valence-corrected chi connectivity index (χ0v) is 21.0. The van der Waals surface area contributed by atoms with E-state index >= 15 is 0 Å². The summed E-state index contributed by atoms with van der Waals surface area (Å²) in [5.41, 5.74) is 4.17. The summed E-state index contributed by atoms with van der Waals surface area (Å²) < 4.78 is 20.9. The van der Waals surface area contributed by atoms with E-state index in [-0.39, 0.29) is 28.6 Å². The highest BCUT2D eigenvalue weighted by Crippen LogP contribution is 2.37. The van der Waals surface area contributed by atoms with E-state index in [1.165, 1.54) is 12.1 Å². The highest BCUT2D eigenvalue weighted by Gasteiger charge is 2.32. The molecule has 5 aromatic rings. The van der Waals surface area contributed by atoms with Crippen LogP contribution in [0.1, 0.15) is 49.1 Å². The van der Waals surface area contributed by atoms with Crippen molar-refractivity contribution in [1.82, 2.24) is 4.57 Å². The molecule has 0 unspecified atom stereocenters. The molecule has 0 atom stereocenters. The third-order valence-electron chi connectivity index (χ3n) is 6.87. The number of ketones is 2. The lowest BCUT2D eigenvalue weighted by Crippen LogP contribution is -2.14. The van der Waals surface area contributed by atoms with Gasteiger partial charge in [-0.05, 0) is 73.1 Å². The fourth-order valence-electron chi connectivity index (χ4n) is 4.90. The molecule has 1 aliphatic heterocycles. The van der Waals surface area contributed by atoms with Gasteiger partial charge in [0.15, 0.2) is 5.78 Å². The Labute approximate surface area is 222 Å². The predicted octanol–water partition coefficient (Wildman–Crippen LogP) is 6.24. The van der Waals surface area contributed by atoms with Crippen molar-refractivity contribution in [3.8, 4) is 5.75 Å². The largest absolute Gasteiger partial charge is 0.433 e. The number of fused-ring (bicyclic) bond motifs is 4. The van der Waals surface area contributed by atoms with Crippen LogP contribution in [-0.4, -0.2) is 28.0 Å². The summed E-state index contributed by atoms with van der Waals surface area (Å²) in [6, 6.07) is 21.2. The standard InChI is InChI=1S/C31H21FN2O5/c1-3-34-25-13-10-19(28(35)21-7-5-4-6-17(21)2)14-22(25)23-15-24-27(16-26(23)34)38-30(29(24)36)33-39-31(37)18-8-11-20(32)12-9-18/h4-16H,3H2,1-2H3. The Kier molecular flexibility index (Phi) is 5.80. The van der Waals surface area contributed by atoms with E-state index in [4.69, 9.17) is 9.57 Å². The molecule has 192 valence electrons. The van der Waals surface area contributed by atoms with Gasteiger partial charge in [0.25, 0.3) is 5.78 Å². The van der Waals surface area contributed by atoms with E-state index < -0.39 is 17.6 Å². The van der Waals surface area contributed by atoms with Crippen LogP contribution in [0.25, 0.3) is 21.8 Å². The number of oxime groups is 1. The molecule has 0 saturated carbocycles. The number of rotatable bonds is 5. The molecule has 0 spiro atoms. The molecule has 0 aliphatic carbocycles. The lowest BCUT2D eigenvalue weighted by molar-refractivity contribution is 0.0508. The quantitative estimate of drug-likeness (QED) is 0.156. The second kappa shape index (κ2) is 9.33. The summed E-state index contributed by atoms with van der Waals surface area (Å²) in [6.45, 7) is 4.56. The Bertz CT molecular complexity index is 1870. The Morgan fingerprint density at radius 3 is 2.38 bits per heavy atom. The van der Waals surface area contributed by atoms with Gasteiger partial charge in [0.05, 0.1) is 16.6 Å². The molecule has 0 N–H and O–H groups in total. The number of carbonyl (C=O) groups is 3. The van der Waals surface area contributed by atoms with Crippen molar-refractivity contribution >= 4 is 45.2 Å². The molecule has 0 fully saturated rings. The Morgan fingerprint density at radius 2 is 1.64 bits per heavy atom. The first-order chi connectivity index (χ1) is 18.9. The molecule has 2 heterocycles. The maximum Gasteiger partial charge on any atom is 0.365 e. The Balaban J connectivity index is 1.38. The topological polar surface area (TPSA) is 87.0 Å². The molecule has 0 amide bonds. The van der Waals surface area contributed by atoms with Gasteiger partial charge in [-0.3, -0.25) is 9.59 Å². The van der Waals surface area contributed by atoms with Crippen LogP contribution in [0, 0.1) is 12.7 Å². The number of aryl methyl sites for hydroxylation is 2. The normalized spacial score (nSPS) is 13.6. The number of aromatic nitrogens is 1. The Hall–Kier alpha value is -5.11. The third kappa shape index (κ3) is 4.06. The zero-order chi connectivity index (χ0) is 27.3. The molecule has 6 rings (SSSR count). The van der Waals surface area contributed by atoms with Crippen LogP contribution in [0.5, 0.6) is 5.75 Å². The van der Waals surface area contributed by atoms with Crippen LogP contribution < -0.4 is 4.74 Å². The van der Waals surface area contributed by atoms with Gasteiger partial charge in [0.2, 0.25) is 0 Å². The molecule has 7 nitrogen and oxygen atoms in total. The van der Waals surface area contributed by atoms with Crippen molar-refractivity contribution in [2.75, 3.05) is 0 Å². The van der Waals surface area contributed by atoms with Crippen molar-refractivity contribution in [3.05, 3.63) is 112 Å². The van der Waals surface area contributed by atoms with Crippen molar-refractivity contribution in [2.24, 2.45) is 5.16 Å². The maximum atomic E-state index is 13.3. The van der Waals surface area contributed by atoms with Crippen molar-refractivity contribution in [1.29, 1.82) is 0 Å². The number of ether oxygens (including phenoxy) is 1. The number of halogens is 1. The van der Waals surface area contributed by atoms with Gasteiger partial charge in [0.1, 0.15) is 11.6 Å². The van der Waals surface area contributed by atoms with Crippen LogP contribution in [0.15, 0.2) is 84.0 Å². The molecule has 4 aromatic carbocycles. The first-order valence-electron chi connectivity index (χ1n) is 12.3. The van der Waals surface area contributed by atoms with E-state index in [1.807, 2.05) is 56.3 Å². The van der Waals surface area contributed by atoms with E-state index in [2.05, 4.69) is 9.72 Å². The molecular weight excluding hydrogens is 499 g/mol. The number of benzene rings is 4. The van der Waals surface area contributed by atoms with Crippen molar-refractivity contribution in [3.63, 3.8) is 0 Å². The van der Waals surface area contributed by atoms with Gasteiger partial charge in [0, 0.05) is 40.0 Å². The average Bonchev–Trinajstić information content (AvgIpc) is 3.43. The van der Waals surface area contributed by atoms with Gasteiger partial charge < -0.3 is 14.1 Å². The Morgan fingerprint density at radius 1 is 0.923 bits per heavy atom. The van der Waals surface area contributed by atoms with Crippen molar-refractivity contribution < 1.29 is 28.3 Å². The molecule has 8 heteroatoms. The van der Waals surface area contributed by atoms with Gasteiger partial charge in [-0.1, -0.05) is 24.3 Å². The molecular formula is C31H21FN2O5. The number of Topliss-reactive ketones (excluding diaryl/α,β-unsaturated/α-hetero) is 1. The van der Waals surface area contributed by atoms with Crippen LogP contribution >= 0.6 is 0 Å². The SMILES string of the molecule is CCn1c2ccc(C(=O)c3ccccc3C)cc2c2cc3c(cc21)OC(=NOC(=O)c1ccc(F)cc1)C3=O. The monoisotopic (exact) mass is 520 g/mol. The highest BCUT2D eigenvalue weighted by molar-refractivity contribution is 6.47. The van der Waals surface area contributed by atoms with Gasteiger partial charge in [-0.2, -0.15) is 0 Å². The average molecular weight is 521 g/mol. The summed E-state index contributed by atoms with van der Waals surface area (Å²) in [4.78, 5) is 43.5. The lowest BCUT2D eigenvalue weighted by atomic mass is 9.97. The smallest absolute Gasteiger partial charge is 0.365 e. The number of carbonyl (C=O) groups excluding carboxylic acids is 3. The van der Waals surface area contributed by atoms with E-state index in [9.17, 15) is 18.8 Å². The fraction of sp³-hybridized carbons (Fsp3) is 0.0968. The first-order valence-corrected chi connectivity index (χ1v) is 12.3. The first kappa shape index (κ1) is 24.2. The van der Waals surface area contributed by atoms with Gasteiger partial charge in [-0.25, -0.2) is 9.18 Å². The summed E-state index contributed by atoms with van der Waals surface area (Å²) in [5.74, 6) is -2.05. The molecule has 1 aromatic heterocycles. The second-order valence-corrected chi connectivity index (χ2v) is 9.20. The second-order valence-electron chi connectivity index (χ2n) is 9.20. The summed E-state index contributed by atoms with van der Waals surface area (Å²) in [5, 5.41) is 5.24. The minimum absolute atomic E-state index is 0.0777. The number of hydrogen-bond donors (Lipinski definition) is 0. The third-order valence-corrected chi connectivity index (χ3v) is 6.87. The highest BCUT2D eigenvalue weighted by atomic mass is 19.1. The fourth-order valence-corrected chi connectivity index (χ4v) is 4.90. The van der Waals surface area contributed by atoms with Crippen LogP contribution in [0.2, 0.25) is 0 Å². The summed E-state index contributed by atoms with van der Waals surface area (Å²) >= 11 is 0. The predicted molar refractivity (Wildman–Crippen MR) is 144 cm³/mol. The number of hydrogen-bond acceptors (Lipinski definition) is 6. The minimum atomic E-state index is -0.853. The molecule has 0 bridgehead atoms. The van der Waals surface area contributed by atoms with Gasteiger partial charge >= 0.3 is 11.9 Å². The molecule has 0 radical (unpaired) electrons. The molecule has 1 aliphatic rings. The summed E-state index contributed by atoms with van der Waals surface area (Å²) in [7, 11) is 0. The van der Waals surface area contributed by atoms with Gasteiger partial charge in [-0.15, -0.1) is 0 Å². The van der Waals surface area contributed by atoms with Crippen LogP contribution in [0.4, 0.5) is 4.39 Å². The van der Waals surface area contributed by atoms with Crippen LogP contribution in [-0.2, 0) is 11.4 Å². The number of nitrogens with zero attached hydrogens (tertiary/aromatic N) is 2.